The highest BCUT2D eigenvalue weighted by atomic mass is 35.5. The Morgan fingerprint density at radius 3 is 2.59 bits per heavy atom. The third-order valence-corrected chi connectivity index (χ3v) is 2.84. The van der Waals surface area contributed by atoms with Crippen LogP contribution in [0.4, 0.5) is 13.2 Å². The van der Waals surface area contributed by atoms with Gasteiger partial charge in [-0.05, 0) is 18.5 Å². The number of carbonyl (C=O) groups is 1. The number of carbonyl (C=O) groups excluding carboxylic acids is 1. The smallest absolute Gasteiger partial charge is 0.328 e. The number of halogens is 4. The van der Waals surface area contributed by atoms with Crippen molar-refractivity contribution in [1.82, 2.24) is 14.5 Å². The van der Waals surface area contributed by atoms with Crippen molar-refractivity contribution < 1.29 is 18.0 Å². The number of nitrogens with zero attached hydrogens (tertiary/aromatic N) is 3. The second-order valence-electron chi connectivity index (χ2n) is 3.22. The molecular formula is C8H9ClF3N3OS. The van der Waals surface area contributed by atoms with Crippen LogP contribution in [0.3, 0.4) is 0 Å². The van der Waals surface area contributed by atoms with E-state index in [0.717, 1.165) is 11.5 Å². The maximum absolute atomic E-state index is 12.3. The summed E-state index contributed by atoms with van der Waals surface area (Å²) in [6.07, 6.45) is -4.45. The van der Waals surface area contributed by atoms with E-state index in [1.54, 1.807) is 0 Å². The molecule has 0 unspecified atom stereocenters. The molecule has 1 aromatic rings. The molecule has 0 aromatic carbocycles. The Balaban J connectivity index is 2.84. The minimum absolute atomic E-state index is 0.0624. The van der Waals surface area contributed by atoms with Crippen molar-refractivity contribution in [3.63, 3.8) is 0 Å². The first-order valence-electron chi connectivity index (χ1n) is 4.56. The topological polar surface area (TPSA) is 46.1 Å². The molecule has 1 heterocycles. The van der Waals surface area contributed by atoms with Crippen molar-refractivity contribution in [3.05, 3.63) is 10.6 Å². The van der Waals surface area contributed by atoms with Crippen LogP contribution in [-0.4, -0.2) is 45.5 Å². The molecule has 0 bridgehead atoms. The summed E-state index contributed by atoms with van der Waals surface area (Å²) >= 11 is 6.16. The predicted molar refractivity (Wildman–Crippen MR) is 57.3 cm³/mol. The minimum Gasteiger partial charge on any atom is -0.328 e. The average molecular weight is 288 g/mol. The van der Waals surface area contributed by atoms with Gasteiger partial charge in [-0.25, -0.2) is 0 Å². The Hall–Kier alpha value is -0.890. The number of aromatic nitrogens is 2. The summed E-state index contributed by atoms with van der Waals surface area (Å²) in [4.78, 5) is 12.6. The van der Waals surface area contributed by atoms with Crippen LogP contribution in [0.25, 0.3) is 0 Å². The highest BCUT2D eigenvalue weighted by Crippen LogP contribution is 2.20. The molecule has 96 valence electrons. The van der Waals surface area contributed by atoms with Crippen LogP contribution in [0.15, 0.2) is 0 Å². The Kier molecular flexibility index (Phi) is 4.70. The molecule has 0 saturated carbocycles. The molecule has 9 heteroatoms. The summed E-state index contributed by atoms with van der Waals surface area (Å²) < 4.78 is 40.3. The Bertz CT molecular complexity index is 396. The predicted octanol–water partition coefficient (Wildman–Crippen LogP) is 2.09. The van der Waals surface area contributed by atoms with E-state index in [9.17, 15) is 18.0 Å². The van der Waals surface area contributed by atoms with Crippen LogP contribution in [0, 0.1) is 6.92 Å². The van der Waals surface area contributed by atoms with Gasteiger partial charge in [-0.3, -0.25) is 4.79 Å². The molecule has 0 fully saturated rings. The van der Waals surface area contributed by atoms with Gasteiger partial charge >= 0.3 is 6.18 Å². The summed E-state index contributed by atoms with van der Waals surface area (Å²) in [6, 6.07) is 0. The molecule has 0 aliphatic carbocycles. The van der Waals surface area contributed by atoms with Gasteiger partial charge in [0, 0.05) is 12.4 Å². The molecule has 0 atom stereocenters. The first-order valence-corrected chi connectivity index (χ1v) is 5.87. The van der Waals surface area contributed by atoms with Gasteiger partial charge in [0.2, 0.25) is 0 Å². The molecule has 0 spiro atoms. The zero-order valence-corrected chi connectivity index (χ0v) is 10.4. The summed E-state index contributed by atoms with van der Waals surface area (Å²) in [6.45, 7) is 0.0241. The van der Waals surface area contributed by atoms with E-state index < -0.39 is 18.6 Å². The van der Waals surface area contributed by atoms with Crippen molar-refractivity contribution in [2.45, 2.75) is 13.1 Å². The molecule has 1 aromatic heterocycles. The first-order chi connectivity index (χ1) is 7.85. The largest absolute Gasteiger partial charge is 0.406 e. The van der Waals surface area contributed by atoms with Gasteiger partial charge in [0.05, 0.1) is 5.69 Å². The van der Waals surface area contributed by atoms with Crippen molar-refractivity contribution in [2.75, 3.05) is 19.0 Å². The fourth-order valence-electron chi connectivity index (χ4n) is 1.14. The molecule has 0 aliphatic heterocycles. The van der Waals surface area contributed by atoms with E-state index in [4.69, 9.17) is 11.6 Å². The van der Waals surface area contributed by atoms with Crippen molar-refractivity contribution in [1.29, 1.82) is 0 Å². The van der Waals surface area contributed by atoms with E-state index in [2.05, 4.69) is 9.59 Å². The Labute approximate surface area is 105 Å². The SMILES string of the molecule is Cc1nnsc1C(=O)N(CCCl)CC(F)(F)F. The van der Waals surface area contributed by atoms with Gasteiger partial charge in [0.15, 0.2) is 0 Å². The van der Waals surface area contributed by atoms with Gasteiger partial charge in [-0.1, -0.05) is 4.49 Å². The lowest BCUT2D eigenvalue weighted by molar-refractivity contribution is -0.140. The fraction of sp³-hybridized carbons (Fsp3) is 0.625. The molecule has 0 aliphatic rings. The lowest BCUT2D eigenvalue weighted by Gasteiger charge is -2.22. The van der Waals surface area contributed by atoms with Crippen LogP contribution in [0.2, 0.25) is 0 Å². The molecule has 17 heavy (non-hydrogen) atoms. The van der Waals surface area contributed by atoms with Crippen molar-refractivity contribution in [2.24, 2.45) is 0 Å². The zero-order valence-electron chi connectivity index (χ0n) is 8.79. The Morgan fingerprint density at radius 2 is 2.18 bits per heavy atom. The quantitative estimate of drug-likeness (QED) is 0.797. The highest BCUT2D eigenvalue weighted by molar-refractivity contribution is 7.07. The number of hydrogen-bond acceptors (Lipinski definition) is 4. The number of amides is 1. The van der Waals surface area contributed by atoms with Crippen molar-refractivity contribution >= 4 is 29.0 Å². The number of rotatable bonds is 4. The van der Waals surface area contributed by atoms with Crippen molar-refractivity contribution in [3.8, 4) is 0 Å². The van der Waals surface area contributed by atoms with E-state index in [1.165, 1.54) is 6.92 Å². The fourth-order valence-corrected chi connectivity index (χ4v) is 1.97. The van der Waals surface area contributed by atoms with Crippen LogP contribution in [-0.2, 0) is 0 Å². The van der Waals surface area contributed by atoms with E-state index in [-0.39, 0.29) is 17.3 Å². The van der Waals surface area contributed by atoms with Gasteiger partial charge < -0.3 is 4.90 Å². The number of alkyl halides is 4. The average Bonchev–Trinajstić information content (AvgIpc) is 2.61. The van der Waals surface area contributed by atoms with Crippen LogP contribution < -0.4 is 0 Å². The summed E-state index contributed by atoms with van der Waals surface area (Å²) in [5.74, 6) is -0.803. The maximum Gasteiger partial charge on any atom is 0.406 e. The molecule has 1 amide bonds. The summed E-state index contributed by atoms with van der Waals surface area (Å²) in [5, 5.41) is 3.58. The molecule has 0 saturated heterocycles. The third kappa shape index (κ3) is 4.12. The molecule has 0 radical (unpaired) electrons. The standard InChI is InChI=1S/C8H9ClF3N3OS/c1-5-6(17-14-13-5)7(16)15(3-2-9)4-8(10,11)12/h2-4H2,1H3. The first kappa shape index (κ1) is 14.2. The Morgan fingerprint density at radius 1 is 1.53 bits per heavy atom. The minimum atomic E-state index is -4.45. The second kappa shape index (κ2) is 5.63. The monoisotopic (exact) mass is 287 g/mol. The van der Waals surface area contributed by atoms with E-state index in [1.807, 2.05) is 0 Å². The van der Waals surface area contributed by atoms with E-state index in [0.29, 0.717) is 10.6 Å². The van der Waals surface area contributed by atoms with Gasteiger partial charge in [0.1, 0.15) is 11.4 Å². The van der Waals surface area contributed by atoms with Gasteiger partial charge in [-0.2, -0.15) is 13.2 Å². The molecule has 1 rings (SSSR count). The summed E-state index contributed by atoms with van der Waals surface area (Å²) in [7, 11) is 0. The van der Waals surface area contributed by atoms with Crippen LogP contribution in [0.5, 0.6) is 0 Å². The lowest BCUT2D eigenvalue weighted by Crippen LogP contribution is -2.40. The van der Waals surface area contributed by atoms with Gasteiger partial charge in [-0.15, -0.1) is 16.7 Å². The van der Waals surface area contributed by atoms with E-state index >= 15 is 0 Å². The normalized spacial score (nSPS) is 11.6. The molecule has 0 N–H and O–H groups in total. The zero-order chi connectivity index (χ0) is 13.1. The van der Waals surface area contributed by atoms with Crippen LogP contribution >= 0.6 is 23.1 Å². The second-order valence-corrected chi connectivity index (χ2v) is 4.35. The third-order valence-electron chi connectivity index (χ3n) is 1.86. The van der Waals surface area contributed by atoms with Crippen LogP contribution in [0.1, 0.15) is 15.4 Å². The summed E-state index contributed by atoms with van der Waals surface area (Å²) in [5.41, 5.74) is 0.321. The number of hydrogen-bond donors (Lipinski definition) is 0. The highest BCUT2D eigenvalue weighted by Gasteiger charge is 2.34. The lowest BCUT2D eigenvalue weighted by atomic mass is 10.3. The van der Waals surface area contributed by atoms with Gasteiger partial charge in [0.25, 0.3) is 5.91 Å². The molecule has 4 nitrogen and oxygen atoms in total. The molecular weight excluding hydrogens is 279 g/mol. The maximum atomic E-state index is 12.3. The number of aryl methyl sites for hydroxylation is 1.